The third-order valence-corrected chi connectivity index (χ3v) is 4.43. The standard InChI is InChI=1S/C12H22ClNO/c13-8-11(15)9-14-7-6-12(10-14)4-2-1-3-5-12/h11,15H,1-10H2. The molecule has 1 saturated heterocycles. The van der Waals surface area contributed by atoms with E-state index in [1.807, 2.05) is 0 Å². The molecular weight excluding hydrogens is 210 g/mol. The second-order valence-corrected chi connectivity index (χ2v) is 5.66. The first-order valence-electron chi connectivity index (χ1n) is 6.20. The Balaban J connectivity index is 1.82. The SMILES string of the molecule is OC(CCl)CN1CCC2(CCCCC2)C1. The quantitative estimate of drug-likeness (QED) is 0.754. The lowest BCUT2D eigenvalue weighted by molar-refractivity contribution is 0.125. The zero-order valence-electron chi connectivity index (χ0n) is 9.42. The summed E-state index contributed by atoms with van der Waals surface area (Å²) >= 11 is 5.63. The summed E-state index contributed by atoms with van der Waals surface area (Å²) in [4.78, 5) is 2.40. The van der Waals surface area contributed by atoms with E-state index in [1.54, 1.807) is 0 Å². The van der Waals surface area contributed by atoms with Gasteiger partial charge in [0.1, 0.15) is 0 Å². The molecule has 0 aromatic carbocycles. The van der Waals surface area contributed by atoms with Gasteiger partial charge in [-0.25, -0.2) is 0 Å². The molecule has 2 fully saturated rings. The van der Waals surface area contributed by atoms with Gasteiger partial charge in [0.15, 0.2) is 0 Å². The van der Waals surface area contributed by atoms with Crippen molar-refractivity contribution in [1.29, 1.82) is 0 Å². The minimum Gasteiger partial charge on any atom is -0.391 e. The van der Waals surface area contributed by atoms with Crippen molar-refractivity contribution in [3.63, 3.8) is 0 Å². The normalized spacial score (nSPS) is 28.4. The fourth-order valence-electron chi connectivity index (χ4n) is 3.24. The molecule has 88 valence electrons. The number of rotatable bonds is 3. The Morgan fingerprint density at radius 2 is 1.93 bits per heavy atom. The van der Waals surface area contributed by atoms with E-state index in [1.165, 1.54) is 45.1 Å². The van der Waals surface area contributed by atoms with Gasteiger partial charge in [0.05, 0.1) is 6.10 Å². The number of halogens is 1. The average Bonchev–Trinajstić information content (AvgIpc) is 2.62. The van der Waals surface area contributed by atoms with Crippen LogP contribution in [-0.4, -0.2) is 41.6 Å². The fraction of sp³-hybridized carbons (Fsp3) is 1.00. The Kier molecular flexibility index (Phi) is 3.92. The zero-order valence-corrected chi connectivity index (χ0v) is 10.2. The van der Waals surface area contributed by atoms with Crippen LogP contribution in [0.4, 0.5) is 0 Å². The third-order valence-electron chi connectivity index (χ3n) is 4.08. The number of β-amino-alcohol motifs (C(OH)–C–C–N with tert-alkyl or cyclic N) is 1. The summed E-state index contributed by atoms with van der Waals surface area (Å²) in [5.74, 6) is 0.365. The number of hydrogen-bond acceptors (Lipinski definition) is 2. The lowest BCUT2D eigenvalue weighted by atomic mass is 9.73. The number of alkyl halides is 1. The summed E-state index contributed by atoms with van der Waals surface area (Å²) in [7, 11) is 0. The first-order valence-corrected chi connectivity index (χ1v) is 6.74. The first-order chi connectivity index (χ1) is 7.24. The van der Waals surface area contributed by atoms with Gasteiger partial charge < -0.3 is 10.0 Å². The largest absolute Gasteiger partial charge is 0.391 e. The van der Waals surface area contributed by atoms with Crippen LogP contribution < -0.4 is 0 Å². The van der Waals surface area contributed by atoms with Crippen molar-refractivity contribution in [2.24, 2.45) is 5.41 Å². The number of hydrogen-bond donors (Lipinski definition) is 1. The van der Waals surface area contributed by atoms with Crippen molar-refractivity contribution in [1.82, 2.24) is 4.90 Å². The molecule has 0 aromatic heterocycles. The molecule has 0 bridgehead atoms. The van der Waals surface area contributed by atoms with E-state index in [4.69, 9.17) is 11.6 Å². The molecule has 1 heterocycles. The van der Waals surface area contributed by atoms with E-state index in [0.717, 1.165) is 13.1 Å². The minimum absolute atomic E-state index is 0.342. The maximum Gasteiger partial charge on any atom is 0.0802 e. The van der Waals surface area contributed by atoms with Crippen molar-refractivity contribution < 1.29 is 5.11 Å². The van der Waals surface area contributed by atoms with Gasteiger partial charge in [-0.3, -0.25) is 0 Å². The smallest absolute Gasteiger partial charge is 0.0802 e. The van der Waals surface area contributed by atoms with Gasteiger partial charge in [0.25, 0.3) is 0 Å². The highest BCUT2D eigenvalue weighted by atomic mass is 35.5. The van der Waals surface area contributed by atoms with Crippen molar-refractivity contribution >= 4 is 11.6 Å². The molecule has 0 amide bonds. The highest BCUT2D eigenvalue weighted by Gasteiger charge is 2.38. The fourth-order valence-corrected chi connectivity index (χ4v) is 3.34. The summed E-state index contributed by atoms with van der Waals surface area (Å²) in [5.41, 5.74) is 0.601. The first kappa shape index (κ1) is 11.7. The lowest BCUT2D eigenvalue weighted by Gasteiger charge is -2.33. The molecule has 0 aromatic rings. The average molecular weight is 232 g/mol. The van der Waals surface area contributed by atoms with E-state index in [2.05, 4.69) is 4.90 Å². The van der Waals surface area contributed by atoms with Crippen molar-refractivity contribution in [3.8, 4) is 0 Å². The minimum atomic E-state index is -0.342. The van der Waals surface area contributed by atoms with Crippen molar-refractivity contribution in [2.75, 3.05) is 25.5 Å². The van der Waals surface area contributed by atoms with Crippen LogP contribution in [0.2, 0.25) is 0 Å². The van der Waals surface area contributed by atoms with Gasteiger partial charge in [-0.15, -0.1) is 11.6 Å². The topological polar surface area (TPSA) is 23.5 Å². The zero-order chi connectivity index (χ0) is 10.7. The lowest BCUT2D eigenvalue weighted by Crippen LogP contribution is -2.34. The molecule has 1 saturated carbocycles. The van der Waals surface area contributed by atoms with Gasteiger partial charge in [-0.2, -0.15) is 0 Å². The molecule has 15 heavy (non-hydrogen) atoms. The van der Waals surface area contributed by atoms with Gasteiger partial charge in [-0.1, -0.05) is 19.3 Å². The number of likely N-dealkylation sites (tertiary alicyclic amines) is 1. The second-order valence-electron chi connectivity index (χ2n) is 5.35. The highest BCUT2D eigenvalue weighted by molar-refractivity contribution is 6.18. The Morgan fingerprint density at radius 3 is 2.60 bits per heavy atom. The maximum absolute atomic E-state index is 9.53. The molecule has 1 atom stereocenters. The summed E-state index contributed by atoms with van der Waals surface area (Å²) in [6.07, 6.45) is 8.04. The summed E-state index contributed by atoms with van der Waals surface area (Å²) in [5, 5.41) is 9.53. The van der Waals surface area contributed by atoms with Gasteiger partial charge in [0.2, 0.25) is 0 Å². The molecule has 2 nitrogen and oxygen atoms in total. The number of aliphatic hydroxyl groups excluding tert-OH is 1. The molecule has 2 aliphatic rings. The van der Waals surface area contributed by atoms with Crippen LogP contribution >= 0.6 is 11.6 Å². The van der Waals surface area contributed by atoms with E-state index in [0.29, 0.717) is 11.3 Å². The predicted octanol–water partition coefficient (Wildman–Crippen LogP) is 2.24. The van der Waals surface area contributed by atoms with E-state index >= 15 is 0 Å². The number of aliphatic hydroxyl groups is 1. The Morgan fingerprint density at radius 1 is 1.20 bits per heavy atom. The Bertz CT molecular complexity index is 204. The van der Waals surface area contributed by atoms with Crippen LogP contribution in [0.5, 0.6) is 0 Å². The number of nitrogens with zero attached hydrogens (tertiary/aromatic N) is 1. The molecule has 1 spiro atoms. The van der Waals surface area contributed by atoms with E-state index in [9.17, 15) is 5.11 Å². The molecule has 0 radical (unpaired) electrons. The monoisotopic (exact) mass is 231 g/mol. The van der Waals surface area contributed by atoms with Crippen LogP contribution in [0, 0.1) is 5.41 Å². The Labute approximate surface area is 97.6 Å². The van der Waals surface area contributed by atoms with Crippen LogP contribution in [0.15, 0.2) is 0 Å². The highest BCUT2D eigenvalue weighted by Crippen LogP contribution is 2.43. The van der Waals surface area contributed by atoms with E-state index in [-0.39, 0.29) is 6.10 Å². The van der Waals surface area contributed by atoms with Crippen LogP contribution in [0.3, 0.4) is 0 Å². The molecular formula is C12H22ClNO. The van der Waals surface area contributed by atoms with Crippen LogP contribution in [0.25, 0.3) is 0 Å². The molecule has 1 unspecified atom stereocenters. The van der Waals surface area contributed by atoms with Crippen molar-refractivity contribution in [2.45, 2.75) is 44.6 Å². The van der Waals surface area contributed by atoms with Gasteiger partial charge in [-0.05, 0) is 31.2 Å². The van der Waals surface area contributed by atoms with E-state index < -0.39 is 0 Å². The van der Waals surface area contributed by atoms with Gasteiger partial charge in [0, 0.05) is 19.0 Å². The molecule has 2 rings (SSSR count). The summed E-state index contributed by atoms with van der Waals surface area (Å²) < 4.78 is 0. The summed E-state index contributed by atoms with van der Waals surface area (Å²) in [6.45, 7) is 3.13. The molecule has 1 aliphatic carbocycles. The predicted molar refractivity (Wildman–Crippen MR) is 63.3 cm³/mol. The molecule has 1 aliphatic heterocycles. The van der Waals surface area contributed by atoms with Crippen molar-refractivity contribution in [3.05, 3.63) is 0 Å². The molecule has 3 heteroatoms. The van der Waals surface area contributed by atoms with Gasteiger partial charge >= 0.3 is 0 Å². The van der Waals surface area contributed by atoms with Crippen LogP contribution in [-0.2, 0) is 0 Å². The molecule has 1 N–H and O–H groups in total. The second kappa shape index (κ2) is 5.03. The third kappa shape index (κ3) is 2.86. The Hall–Kier alpha value is 0.210. The van der Waals surface area contributed by atoms with Crippen LogP contribution in [0.1, 0.15) is 38.5 Å². The summed E-state index contributed by atoms with van der Waals surface area (Å²) in [6, 6.07) is 0. The maximum atomic E-state index is 9.53.